The summed E-state index contributed by atoms with van der Waals surface area (Å²) in [7, 11) is 0. The van der Waals surface area contributed by atoms with Gasteiger partial charge in [0.2, 0.25) is 0 Å². The van der Waals surface area contributed by atoms with Crippen LogP contribution >= 0.6 is 0 Å². The number of hydrogen-bond acceptors (Lipinski definition) is 2. The summed E-state index contributed by atoms with van der Waals surface area (Å²) in [4.78, 5) is 14.8. The van der Waals surface area contributed by atoms with Crippen LogP contribution in [-0.2, 0) is 19.1 Å². The van der Waals surface area contributed by atoms with E-state index in [0.29, 0.717) is 18.2 Å². The second-order valence-electron chi connectivity index (χ2n) is 10.0. The number of halogens is 3. The standard InChI is InChI=1S/C28H31F3N4O/c1-19-22(18-35(33-19)25-14-11-23(12-15-25)28(29,30)31)16-20-6-2-4-8-24(13-10-20)34-17-21-7-3-5-9-26(21)32-27(34)36/h3,5,7,9,11-12,14-15,18,20,24H,2,4,6,8,10,13,16-17H2,1H3,(H,32,36). The third-order valence-electron chi connectivity index (χ3n) is 7.58. The number of rotatable bonds is 4. The zero-order valence-corrected chi connectivity index (χ0v) is 20.4. The molecule has 2 heterocycles. The van der Waals surface area contributed by atoms with Gasteiger partial charge in [0.25, 0.3) is 0 Å². The zero-order chi connectivity index (χ0) is 25.3. The lowest BCUT2D eigenvalue weighted by atomic mass is 9.84. The number of aromatic nitrogens is 2. The lowest BCUT2D eigenvalue weighted by molar-refractivity contribution is -0.137. The van der Waals surface area contributed by atoms with Gasteiger partial charge in [-0.25, -0.2) is 9.48 Å². The molecule has 2 aliphatic rings. The lowest BCUT2D eigenvalue weighted by Crippen LogP contribution is -2.45. The molecule has 1 aliphatic heterocycles. The van der Waals surface area contributed by atoms with Gasteiger partial charge in [0.1, 0.15) is 0 Å². The average Bonchev–Trinajstić information content (AvgIpc) is 3.20. The summed E-state index contributed by atoms with van der Waals surface area (Å²) in [6, 6.07) is 13.3. The van der Waals surface area contributed by atoms with Gasteiger partial charge in [-0.15, -0.1) is 0 Å². The van der Waals surface area contributed by atoms with E-state index in [9.17, 15) is 18.0 Å². The Hall–Kier alpha value is -3.29. The Morgan fingerprint density at radius 3 is 2.53 bits per heavy atom. The Balaban J connectivity index is 1.25. The highest BCUT2D eigenvalue weighted by atomic mass is 19.4. The van der Waals surface area contributed by atoms with Crippen molar-refractivity contribution in [2.75, 3.05) is 5.32 Å². The van der Waals surface area contributed by atoms with Crippen LogP contribution in [0.25, 0.3) is 5.69 Å². The van der Waals surface area contributed by atoms with Crippen molar-refractivity contribution in [3.8, 4) is 5.69 Å². The average molecular weight is 497 g/mol. The van der Waals surface area contributed by atoms with E-state index >= 15 is 0 Å². The number of urea groups is 1. The second kappa shape index (κ2) is 9.99. The fourth-order valence-corrected chi connectivity index (χ4v) is 5.51. The fourth-order valence-electron chi connectivity index (χ4n) is 5.51. The van der Waals surface area contributed by atoms with E-state index in [1.807, 2.05) is 36.2 Å². The zero-order valence-electron chi connectivity index (χ0n) is 20.4. The third kappa shape index (κ3) is 5.27. The van der Waals surface area contributed by atoms with Crippen LogP contribution in [0.2, 0.25) is 0 Å². The normalized spacial score (nSPS) is 20.9. The van der Waals surface area contributed by atoms with Gasteiger partial charge in [0.15, 0.2) is 0 Å². The number of anilines is 1. The molecule has 1 N–H and O–H groups in total. The summed E-state index contributed by atoms with van der Waals surface area (Å²) in [5.74, 6) is 0.483. The van der Waals surface area contributed by atoms with Gasteiger partial charge < -0.3 is 10.2 Å². The number of para-hydroxylation sites is 1. The van der Waals surface area contributed by atoms with Crippen molar-refractivity contribution < 1.29 is 18.0 Å². The first kappa shape index (κ1) is 24.4. The van der Waals surface area contributed by atoms with Crippen molar-refractivity contribution in [3.63, 3.8) is 0 Å². The summed E-state index contributed by atoms with van der Waals surface area (Å²) in [5.41, 5.74) is 4.05. The molecule has 0 bridgehead atoms. The highest BCUT2D eigenvalue weighted by Crippen LogP contribution is 2.33. The first-order chi connectivity index (χ1) is 17.3. The van der Waals surface area contributed by atoms with Crippen LogP contribution in [0.5, 0.6) is 0 Å². The predicted molar refractivity (Wildman–Crippen MR) is 133 cm³/mol. The van der Waals surface area contributed by atoms with Gasteiger partial charge in [-0.05, 0) is 80.0 Å². The van der Waals surface area contributed by atoms with Crippen LogP contribution in [0, 0.1) is 12.8 Å². The van der Waals surface area contributed by atoms with E-state index in [1.54, 1.807) is 4.68 Å². The number of nitrogens with zero attached hydrogens (tertiary/aromatic N) is 3. The number of carbonyl (C=O) groups is 1. The minimum Gasteiger partial charge on any atom is -0.317 e. The molecule has 3 aromatic rings. The van der Waals surface area contributed by atoms with E-state index < -0.39 is 11.7 Å². The fraction of sp³-hybridized carbons (Fsp3) is 0.429. The van der Waals surface area contributed by atoms with E-state index in [-0.39, 0.29) is 12.1 Å². The van der Waals surface area contributed by atoms with Crippen LogP contribution in [0.3, 0.4) is 0 Å². The molecule has 2 amide bonds. The molecule has 0 radical (unpaired) electrons. The van der Waals surface area contributed by atoms with Gasteiger partial charge in [-0.2, -0.15) is 18.3 Å². The molecular weight excluding hydrogens is 465 g/mol. The Morgan fingerprint density at radius 1 is 1.00 bits per heavy atom. The molecule has 2 unspecified atom stereocenters. The van der Waals surface area contributed by atoms with Gasteiger partial charge in [0.05, 0.1) is 16.9 Å². The maximum atomic E-state index is 12.9. The van der Waals surface area contributed by atoms with Gasteiger partial charge >= 0.3 is 12.2 Å². The van der Waals surface area contributed by atoms with Gasteiger partial charge in [0, 0.05) is 24.5 Å². The number of fused-ring (bicyclic) bond motifs is 1. The quantitative estimate of drug-likeness (QED) is 0.418. The monoisotopic (exact) mass is 496 g/mol. The molecule has 0 saturated heterocycles. The third-order valence-corrected chi connectivity index (χ3v) is 7.58. The Bertz CT molecular complexity index is 1220. The van der Waals surface area contributed by atoms with Crippen LogP contribution in [0.15, 0.2) is 54.7 Å². The molecule has 1 saturated carbocycles. The topological polar surface area (TPSA) is 50.2 Å². The molecule has 1 aromatic heterocycles. The van der Waals surface area contributed by atoms with Crippen LogP contribution in [-0.4, -0.2) is 26.8 Å². The Kier molecular flexibility index (Phi) is 6.77. The number of hydrogen-bond donors (Lipinski definition) is 1. The van der Waals surface area contributed by atoms with Gasteiger partial charge in [-0.1, -0.05) is 37.5 Å². The molecule has 5 nitrogen and oxygen atoms in total. The number of benzene rings is 2. The maximum absolute atomic E-state index is 12.9. The number of nitrogens with one attached hydrogen (secondary N) is 1. The van der Waals surface area contributed by atoms with Gasteiger partial charge in [-0.3, -0.25) is 0 Å². The number of amides is 2. The summed E-state index contributed by atoms with van der Waals surface area (Å²) >= 11 is 0. The van der Waals surface area contributed by atoms with Crippen molar-refractivity contribution in [1.29, 1.82) is 0 Å². The molecule has 1 aliphatic carbocycles. The number of aryl methyl sites for hydroxylation is 1. The minimum absolute atomic E-state index is 0.00974. The molecule has 5 rings (SSSR count). The highest BCUT2D eigenvalue weighted by Gasteiger charge is 2.31. The van der Waals surface area contributed by atoms with Crippen molar-refractivity contribution in [3.05, 3.63) is 77.1 Å². The van der Waals surface area contributed by atoms with Crippen molar-refractivity contribution in [2.24, 2.45) is 5.92 Å². The lowest BCUT2D eigenvalue weighted by Gasteiger charge is -2.37. The summed E-state index contributed by atoms with van der Waals surface area (Å²) in [6.07, 6.45) is 4.85. The molecule has 0 spiro atoms. The van der Waals surface area contributed by atoms with Crippen LogP contribution in [0.1, 0.15) is 60.9 Å². The number of alkyl halides is 3. The van der Waals surface area contributed by atoms with E-state index in [1.165, 1.54) is 12.1 Å². The summed E-state index contributed by atoms with van der Waals surface area (Å²) < 4.78 is 40.4. The Morgan fingerprint density at radius 2 is 1.75 bits per heavy atom. The van der Waals surface area contributed by atoms with Crippen LogP contribution in [0.4, 0.5) is 23.7 Å². The molecule has 2 aromatic carbocycles. The summed E-state index contributed by atoms with van der Waals surface area (Å²) in [6.45, 7) is 2.60. The first-order valence-corrected chi connectivity index (χ1v) is 12.7. The summed E-state index contributed by atoms with van der Waals surface area (Å²) in [5, 5.41) is 7.62. The molecule has 1 fully saturated rings. The highest BCUT2D eigenvalue weighted by molar-refractivity contribution is 5.92. The van der Waals surface area contributed by atoms with Crippen molar-refractivity contribution >= 4 is 11.7 Å². The molecule has 36 heavy (non-hydrogen) atoms. The minimum atomic E-state index is -4.35. The van der Waals surface area contributed by atoms with Crippen LogP contribution < -0.4 is 5.32 Å². The predicted octanol–water partition coefficient (Wildman–Crippen LogP) is 7.13. The van der Waals surface area contributed by atoms with E-state index in [4.69, 9.17) is 0 Å². The van der Waals surface area contributed by atoms with E-state index in [0.717, 1.165) is 79.6 Å². The van der Waals surface area contributed by atoms with E-state index in [2.05, 4.69) is 16.5 Å². The van der Waals surface area contributed by atoms with Crippen molar-refractivity contribution in [1.82, 2.24) is 14.7 Å². The number of carbonyl (C=O) groups excluding carboxylic acids is 1. The molecule has 2 atom stereocenters. The molecular formula is C28H31F3N4O. The maximum Gasteiger partial charge on any atom is 0.416 e. The molecule has 8 heteroatoms. The SMILES string of the molecule is Cc1nn(-c2ccc(C(F)(F)F)cc2)cc1CC1CCCCC(N2Cc3ccccc3NC2=O)CC1. The van der Waals surface area contributed by atoms with Crippen molar-refractivity contribution in [2.45, 2.75) is 70.6 Å². The second-order valence-corrected chi connectivity index (χ2v) is 10.0. The smallest absolute Gasteiger partial charge is 0.317 e. The molecule has 190 valence electrons. The Labute approximate surface area is 209 Å². The first-order valence-electron chi connectivity index (χ1n) is 12.7. The largest absolute Gasteiger partial charge is 0.416 e.